The SMILES string of the molecule is CC(C)CS(=O)(=O)NCc1ccc(C(=O)O)cc1. The van der Waals surface area contributed by atoms with Gasteiger partial charge in [0.15, 0.2) is 0 Å². The van der Waals surface area contributed by atoms with Crippen LogP contribution in [0.15, 0.2) is 24.3 Å². The van der Waals surface area contributed by atoms with Crippen molar-refractivity contribution >= 4 is 16.0 Å². The summed E-state index contributed by atoms with van der Waals surface area (Å²) in [5, 5.41) is 8.72. The molecule has 1 rings (SSSR count). The summed E-state index contributed by atoms with van der Waals surface area (Å²) in [6, 6.07) is 6.10. The zero-order chi connectivity index (χ0) is 13.8. The summed E-state index contributed by atoms with van der Waals surface area (Å²) in [6.07, 6.45) is 0. The standard InChI is InChI=1S/C12H17NO4S/c1-9(2)8-18(16,17)13-7-10-3-5-11(6-4-10)12(14)15/h3-6,9,13H,7-8H2,1-2H3,(H,14,15). The third-order valence-corrected chi connectivity index (χ3v) is 3.94. The van der Waals surface area contributed by atoms with Gasteiger partial charge in [0.25, 0.3) is 0 Å². The van der Waals surface area contributed by atoms with Gasteiger partial charge in [-0.3, -0.25) is 0 Å². The normalized spacial score (nSPS) is 11.7. The number of carboxylic acids is 1. The first-order valence-corrected chi connectivity index (χ1v) is 7.25. The summed E-state index contributed by atoms with van der Waals surface area (Å²) < 4.78 is 25.6. The molecule has 0 unspecified atom stereocenters. The van der Waals surface area contributed by atoms with Crippen LogP contribution in [0.5, 0.6) is 0 Å². The molecule has 0 saturated heterocycles. The van der Waals surface area contributed by atoms with Crippen LogP contribution in [0, 0.1) is 5.92 Å². The average molecular weight is 271 g/mol. The molecule has 0 heterocycles. The number of sulfonamides is 1. The molecule has 0 saturated carbocycles. The van der Waals surface area contributed by atoms with E-state index in [2.05, 4.69) is 4.72 Å². The minimum atomic E-state index is -3.27. The molecule has 5 nitrogen and oxygen atoms in total. The van der Waals surface area contributed by atoms with Crippen molar-refractivity contribution < 1.29 is 18.3 Å². The molecule has 1 aromatic rings. The van der Waals surface area contributed by atoms with Crippen LogP contribution in [-0.4, -0.2) is 25.2 Å². The number of carboxylic acid groups (broad SMARTS) is 1. The Kier molecular flexibility index (Phi) is 4.86. The second kappa shape index (κ2) is 5.97. The molecule has 0 atom stereocenters. The van der Waals surface area contributed by atoms with E-state index >= 15 is 0 Å². The highest BCUT2D eigenvalue weighted by Gasteiger charge is 2.12. The Hall–Kier alpha value is -1.40. The summed E-state index contributed by atoms with van der Waals surface area (Å²) in [5.74, 6) is -0.848. The molecule has 100 valence electrons. The second-order valence-electron chi connectivity index (χ2n) is 4.50. The lowest BCUT2D eigenvalue weighted by molar-refractivity contribution is 0.0697. The summed E-state index contributed by atoms with van der Waals surface area (Å²) in [5.41, 5.74) is 0.913. The van der Waals surface area contributed by atoms with Crippen LogP contribution in [-0.2, 0) is 16.6 Å². The molecular weight excluding hydrogens is 254 g/mol. The maximum atomic E-state index is 11.6. The Morgan fingerprint density at radius 3 is 2.28 bits per heavy atom. The van der Waals surface area contributed by atoms with Crippen LogP contribution in [0.2, 0.25) is 0 Å². The molecular formula is C12H17NO4S. The first-order valence-electron chi connectivity index (χ1n) is 5.60. The van der Waals surface area contributed by atoms with Crippen LogP contribution in [0.4, 0.5) is 0 Å². The Bertz CT molecular complexity index is 505. The Morgan fingerprint density at radius 1 is 1.28 bits per heavy atom. The van der Waals surface area contributed by atoms with Gasteiger partial charge in [-0.1, -0.05) is 26.0 Å². The predicted molar refractivity (Wildman–Crippen MR) is 68.9 cm³/mol. The molecule has 0 aliphatic heterocycles. The van der Waals surface area contributed by atoms with Crippen molar-refractivity contribution in [3.8, 4) is 0 Å². The Labute approximate surface area is 107 Å². The average Bonchev–Trinajstić information content (AvgIpc) is 2.25. The highest BCUT2D eigenvalue weighted by molar-refractivity contribution is 7.89. The lowest BCUT2D eigenvalue weighted by Crippen LogP contribution is -2.28. The molecule has 0 aromatic heterocycles. The quantitative estimate of drug-likeness (QED) is 0.820. The predicted octanol–water partition coefficient (Wildman–Crippen LogP) is 1.46. The van der Waals surface area contributed by atoms with E-state index in [0.717, 1.165) is 5.56 Å². The number of aromatic carboxylic acids is 1. The lowest BCUT2D eigenvalue weighted by Gasteiger charge is -2.08. The van der Waals surface area contributed by atoms with E-state index in [4.69, 9.17) is 5.11 Å². The van der Waals surface area contributed by atoms with E-state index in [0.29, 0.717) is 0 Å². The van der Waals surface area contributed by atoms with Gasteiger partial charge in [-0.15, -0.1) is 0 Å². The fourth-order valence-electron chi connectivity index (χ4n) is 1.46. The van der Waals surface area contributed by atoms with Gasteiger partial charge in [0.1, 0.15) is 0 Å². The third kappa shape index (κ3) is 4.85. The summed E-state index contributed by atoms with van der Waals surface area (Å²) >= 11 is 0. The maximum absolute atomic E-state index is 11.6. The van der Waals surface area contributed by atoms with Gasteiger partial charge < -0.3 is 5.11 Å². The van der Waals surface area contributed by atoms with Crippen molar-refractivity contribution in [2.45, 2.75) is 20.4 Å². The second-order valence-corrected chi connectivity index (χ2v) is 6.35. The van der Waals surface area contributed by atoms with Crippen LogP contribution in [0.25, 0.3) is 0 Å². The van der Waals surface area contributed by atoms with Crippen molar-refractivity contribution in [3.63, 3.8) is 0 Å². The third-order valence-electron chi connectivity index (χ3n) is 2.25. The molecule has 18 heavy (non-hydrogen) atoms. The number of nitrogens with one attached hydrogen (secondary N) is 1. The molecule has 0 amide bonds. The van der Waals surface area contributed by atoms with Crippen molar-refractivity contribution in [1.82, 2.24) is 4.72 Å². The number of rotatable bonds is 6. The van der Waals surface area contributed by atoms with E-state index < -0.39 is 16.0 Å². The van der Waals surface area contributed by atoms with Gasteiger partial charge in [-0.05, 0) is 23.6 Å². The van der Waals surface area contributed by atoms with Gasteiger partial charge in [0.05, 0.1) is 11.3 Å². The van der Waals surface area contributed by atoms with Crippen molar-refractivity contribution in [3.05, 3.63) is 35.4 Å². The Balaban J connectivity index is 2.61. The van der Waals surface area contributed by atoms with Crippen LogP contribution in [0.3, 0.4) is 0 Å². The minimum Gasteiger partial charge on any atom is -0.478 e. The molecule has 0 fully saturated rings. The topological polar surface area (TPSA) is 83.5 Å². The zero-order valence-electron chi connectivity index (χ0n) is 10.4. The summed E-state index contributed by atoms with van der Waals surface area (Å²) in [4.78, 5) is 10.6. The first kappa shape index (κ1) is 14.7. The fraction of sp³-hybridized carbons (Fsp3) is 0.417. The summed E-state index contributed by atoms with van der Waals surface area (Å²) in [6.45, 7) is 3.84. The maximum Gasteiger partial charge on any atom is 0.335 e. The van der Waals surface area contributed by atoms with Gasteiger partial charge in [-0.25, -0.2) is 17.9 Å². The molecule has 0 aliphatic rings. The van der Waals surface area contributed by atoms with E-state index in [9.17, 15) is 13.2 Å². The highest BCUT2D eigenvalue weighted by Crippen LogP contribution is 2.05. The van der Waals surface area contributed by atoms with E-state index in [1.165, 1.54) is 12.1 Å². The zero-order valence-corrected chi connectivity index (χ0v) is 11.2. The molecule has 2 N–H and O–H groups in total. The number of hydrogen-bond donors (Lipinski definition) is 2. The van der Waals surface area contributed by atoms with Gasteiger partial charge in [-0.2, -0.15) is 0 Å². The highest BCUT2D eigenvalue weighted by atomic mass is 32.2. The molecule has 0 spiro atoms. The monoisotopic (exact) mass is 271 g/mol. The van der Waals surface area contributed by atoms with Crippen molar-refractivity contribution in [1.29, 1.82) is 0 Å². The summed E-state index contributed by atoms with van der Waals surface area (Å²) in [7, 11) is -3.27. The molecule has 1 aromatic carbocycles. The smallest absolute Gasteiger partial charge is 0.335 e. The molecule has 0 radical (unpaired) electrons. The van der Waals surface area contributed by atoms with Crippen LogP contribution >= 0.6 is 0 Å². The number of hydrogen-bond acceptors (Lipinski definition) is 3. The fourth-order valence-corrected chi connectivity index (χ4v) is 2.84. The minimum absolute atomic E-state index is 0.0666. The van der Waals surface area contributed by atoms with Gasteiger partial charge >= 0.3 is 5.97 Å². The largest absolute Gasteiger partial charge is 0.478 e. The molecule has 0 aliphatic carbocycles. The Morgan fingerprint density at radius 2 is 1.83 bits per heavy atom. The van der Waals surface area contributed by atoms with E-state index in [1.807, 2.05) is 13.8 Å². The van der Waals surface area contributed by atoms with Gasteiger partial charge in [0, 0.05) is 6.54 Å². The first-order chi connectivity index (χ1) is 8.30. The van der Waals surface area contributed by atoms with Crippen molar-refractivity contribution in [2.75, 3.05) is 5.75 Å². The number of carbonyl (C=O) groups is 1. The number of benzene rings is 1. The molecule has 6 heteroatoms. The lowest BCUT2D eigenvalue weighted by atomic mass is 10.1. The molecule has 0 bridgehead atoms. The van der Waals surface area contributed by atoms with E-state index in [1.54, 1.807) is 12.1 Å². The van der Waals surface area contributed by atoms with Crippen LogP contribution < -0.4 is 4.72 Å². The van der Waals surface area contributed by atoms with Crippen molar-refractivity contribution in [2.24, 2.45) is 5.92 Å². The van der Waals surface area contributed by atoms with Crippen LogP contribution in [0.1, 0.15) is 29.8 Å². The van der Waals surface area contributed by atoms with Gasteiger partial charge in [0.2, 0.25) is 10.0 Å². The van der Waals surface area contributed by atoms with E-state index in [-0.39, 0.29) is 23.8 Å².